The fourth-order valence-corrected chi connectivity index (χ4v) is 10.4. The quantitative estimate of drug-likeness (QED) is 0.265. The molecule has 1 amide bonds. The molecule has 3 saturated carbocycles. The molecular weight excluding hydrogens is 696 g/mol. The number of halogens is 2. The first-order chi connectivity index (χ1) is 25.5. The summed E-state index contributed by atoms with van der Waals surface area (Å²) in [5.74, 6) is -3.49. The summed E-state index contributed by atoms with van der Waals surface area (Å²) in [5.41, 5.74) is -3.63. The first-order valence-corrected chi connectivity index (χ1v) is 18.9. The average Bonchev–Trinajstić information content (AvgIpc) is 3.63. The third-order valence-electron chi connectivity index (χ3n) is 13.4. The molecule has 1 aliphatic heterocycles. The smallest absolute Gasteiger partial charge is 0.227 e. The van der Waals surface area contributed by atoms with Gasteiger partial charge in [-0.05, 0) is 79.5 Å². The Morgan fingerprint density at radius 2 is 1.74 bits per heavy atom. The number of Topliss-reactive ketones (excluding diaryl/α,β-unsaturated/α-hetero) is 2. The van der Waals surface area contributed by atoms with Gasteiger partial charge in [-0.15, -0.1) is 0 Å². The minimum absolute atomic E-state index is 0.0205. The molecule has 0 aromatic heterocycles. The summed E-state index contributed by atoms with van der Waals surface area (Å²) in [5, 5.41) is 24.9. The van der Waals surface area contributed by atoms with E-state index in [0.717, 1.165) is 17.2 Å². The van der Waals surface area contributed by atoms with Crippen molar-refractivity contribution in [2.24, 2.45) is 34.5 Å². The van der Waals surface area contributed by atoms with Crippen LogP contribution in [-0.2, 0) is 35.1 Å². The van der Waals surface area contributed by atoms with E-state index in [4.69, 9.17) is 9.47 Å². The topological polar surface area (TPSA) is 139 Å². The lowest BCUT2D eigenvalue weighted by molar-refractivity contribution is -0.235. The molecule has 9 nitrogen and oxygen atoms in total. The van der Waals surface area contributed by atoms with Crippen LogP contribution in [0.5, 0.6) is 0 Å². The minimum atomic E-state index is -2.32. The average molecular weight is 746 g/mol. The fraction of sp³-hybridized carbons (Fsp3) is 0.535. The Morgan fingerprint density at radius 1 is 1.02 bits per heavy atom. The van der Waals surface area contributed by atoms with Gasteiger partial charge in [0.25, 0.3) is 0 Å². The maximum Gasteiger partial charge on any atom is 0.227 e. The third kappa shape index (κ3) is 5.76. The lowest BCUT2D eigenvalue weighted by Gasteiger charge is -2.63. The fourth-order valence-electron chi connectivity index (χ4n) is 10.4. The van der Waals surface area contributed by atoms with E-state index in [1.807, 2.05) is 56.3 Å². The molecule has 11 atom stereocenters. The molecule has 5 aliphatic rings. The molecule has 54 heavy (non-hydrogen) atoms. The van der Waals surface area contributed by atoms with Gasteiger partial charge in [0, 0.05) is 46.3 Å². The van der Waals surface area contributed by atoms with Crippen LogP contribution in [0.3, 0.4) is 0 Å². The normalized spacial score (nSPS) is 37.1. The van der Waals surface area contributed by atoms with E-state index in [2.05, 4.69) is 5.32 Å². The first kappa shape index (κ1) is 38.4. The Kier molecular flexibility index (Phi) is 9.73. The number of rotatable bonds is 10. The summed E-state index contributed by atoms with van der Waals surface area (Å²) < 4.78 is 46.6. The van der Waals surface area contributed by atoms with Crippen LogP contribution in [0.2, 0.25) is 0 Å². The second-order valence-corrected chi connectivity index (χ2v) is 16.8. The second kappa shape index (κ2) is 13.7. The summed E-state index contributed by atoms with van der Waals surface area (Å²) >= 11 is 0. The van der Waals surface area contributed by atoms with Gasteiger partial charge in [-0.3, -0.25) is 19.2 Å². The number of nitrogens with one attached hydrogen (secondary N) is 1. The van der Waals surface area contributed by atoms with Crippen molar-refractivity contribution in [3.63, 3.8) is 0 Å². The van der Waals surface area contributed by atoms with Crippen LogP contribution in [0.4, 0.5) is 14.5 Å². The Morgan fingerprint density at radius 3 is 2.43 bits per heavy atom. The molecule has 7 rings (SSSR count). The lowest BCUT2D eigenvalue weighted by Crippen LogP contribution is -2.70. The zero-order chi connectivity index (χ0) is 39.0. The predicted octanol–water partition coefficient (Wildman–Crippen LogP) is 6.11. The van der Waals surface area contributed by atoms with Crippen molar-refractivity contribution in [1.82, 2.24) is 0 Å². The number of fused-ring (bicyclic) bond motifs is 7. The molecule has 2 aromatic carbocycles. The largest absolute Gasteiger partial charge is 0.390 e. The molecule has 2 aromatic rings. The molecule has 4 fully saturated rings. The van der Waals surface area contributed by atoms with Gasteiger partial charge in [-0.25, -0.2) is 8.78 Å². The highest BCUT2D eigenvalue weighted by Gasteiger charge is 2.80. The van der Waals surface area contributed by atoms with Gasteiger partial charge in [-0.2, -0.15) is 0 Å². The number of aliphatic hydroxyl groups is 2. The SMILES string of the molecule is CC(C)C(=O)C[C@@H](C)C(=O)Nc1cccc(Cc2ccc(C3OC4C[C@H]5[C@@H]6C[C@H](F)C7=CC(=O)C=C[C@]7(C)[C@@]6(F)[C@@H](O)C[C@]5(C)[C@]4(C(=O)CO)O3)cc2)c1. The Balaban J connectivity index is 1.09. The van der Waals surface area contributed by atoms with Crippen LogP contribution in [0.25, 0.3) is 0 Å². The van der Waals surface area contributed by atoms with Gasteiger partial charge in [0.2, 0.25) is 5.91 Å². The van der Waals surface area contributed by atoms with E-state index in [1.54, 1.807) is 19.9 Å². The monoisotopic (exact) mass is 745 g/mol. The summed E-state index contributed by atoms with van der Waals surface area (Å²) in [4.78, 5) is 50.9. The number of hydrogen-bond acceptors (Lipinski definition) is 8. The van der Waals surface area contributed by atoms with Gasteiger partial charge in [0.15, 0.2) is 29.1 Å². The number of amides is 1. The number of hydrogen-bond donors (Lipinski definition) is 3. The number of benzene rings is 2. The maximum atomic E-state index is 17.7. The zero-order valence-electron chi connectivity index (χ0n) is 31.3. The highest BCUT2D eigenvalue weighted by molar-refractivity contribution is 6.01. The number of ketones is 3. The van der Waals surface area contributed by atoms with Crippen molar-refractivity contribution in [3.8, 4) is 0 Å². The van der Waals surface area contributed by atoms with E-state index in [-0.39, 0.29) is 48.9 Å². The van der Waals surface area contributed by atoms with E-state index in [9.17, 15) is 29.4 Å². The number of allylic oxidation sites excluding steroid dienone is 4. The molecule has 0 spiro atoms. The summed E-state index contributed by atoms with van der Waals surface area (Å²) in [6.45, 7) is 7.80. The number of anilines is 1. The van der Waals surface area contributed by atoms with Gasteiger partial charge in [0.05, 0.1) is 12.2 Å². The zero-order valence-corrected chi connectivity index (χ0v) is 31.3. The maximum absolute atomic E-state index is 17.7. The van der Waals surface area contributed by atoms with Crippen molar-refractivity contribution in [2.75, 3.05) is 11.9 Å². The van der Waals surface area contributed by atoms with Gasteiger partial charge in [-0.1, -0.05) is 70.2 Å². The van der Waals surface area contributed by atoms with Crippen LogP contribution in [-0.4, -0.2) is 69.7 Å². The van der Waals surface area contributed by atoms with Gasteiger partial charge < -0.3 is 25.0 Å². The Bertz CT molecular complexity index is 1930. The highest BCUT2D eigenvalue weighted by Crippen LogP contribution is 2.72. The lowest BCUT2D eigenvalue weighted by atomic mass is 9.44. The van der Waals surface area contributed by atoms with Crippen molar-refractivity contribution in [2.45, 2.75) is 103 Å². The van der Waals surface area contributed by atoms with Crippen LogP contribution >= 0.6 is 0 Å². The van der Waals surface area contributed by atoms with Crippen molar-refractivity contribution in [3.05, 3.63) is 89.0 Å². The van der Waals surface area contributed by atoms with Crippen LogP contribution in [0, 0.1) is 34.5 Å². The second-order valence-electron chi connectivity index (χ2n) is 16.8. The molecule has 0 radical (unpaired) electrons. The minimum Gasteiger partial charge on any atom is -0.390 e. The molecule has 11 heteroatoms. The summed E-state index contributed by atoms with van der Waals surface area (Å²) in [6, 6.07) is 15.0. The number of aliphatic hydroxyl groups excluding tert-OH is 2. The van der Waals surface area contributed by atoms with Crippen molar-refractivity contribution < 1.29 is 47.6 Å². The van der Waals surface area contributed by atoms with Gasteiger partial charge >= 0.3 is 0 Å². The van der Waals surface area contributed by atoms with Crippen LogP contribution in [0.1, 0.15) is 83.3 Å². The van der Waals surface area contributed by atoms with E-state index in [0.29, 0.717) is 17.7 Å². The molecule has 288 valence electrons. The van der Waals surface area contributed by atoms with E-state index < -0.39 is 82.7 Å². The predicted molar refractivity (Wildman–Crippen MR) is 195 cm³/mol. The first-order valence-electron chi connectivity index (χ1n) is 18.9. The van der Waals surface area contributed by atoms with Crippen molar-refractivity contribution in [1.29, 1.82) is 0 Å². The van der Waals surface area contributed by atoms with Crippen LogP contribution in [0.15, 0.2) is 72.3 Å². The molecule has 1 heterocycles. The molecule has 0 bridgehead atoms. The number of carbonyl (C=O) groups is 4. The number of carbonyl (C=O) groups excluding carboxylic acids is 4. The standard InChI is InChI=1S/C43H49F2NO8/c1-23(2)34(49)15-24(3)38(52)46-28-8-6-7-26(17-28)16-25-9-11-27(12-10-25)39-53-37-20-30-31-19-33(44)32-18-29(48)13-14-40(32,4)42(31,45)35(50)21-41(30,5)43(37,54-39)36(51)22-47/h6-14,17-18,23-24,30-31,33,35,37,39,47,50H,15-16,19-22H2,1-5H3,(H,46,52)/t24-,30+,31+,33+,35+,37?,39?,40+,41+,42+,43-/m1/s1. The molecule has 2 unspecified atom stereocenters. The molecule has 3 N–H and O–H groups in total. The van der Waals surface area contributed by atoms with E-state index in [1.165, 1.54) is 19.1 Å². The van der Waals surface area contributed by atoms with Crippen molar-refractivity contribution >= 4 is 28.9 Å². The molecule has 1 saturated heterocycles. The molecular formula is C43H49F2NO8. The number of alkyl halides is 2. The van der Waals surface area contributed by atoms with E-state index >= 15 is 8.78 Å². The third-order valence-corrected chi connectivity index (χ3v) is 13.4. The highest BCUT2D eigenvalue weighted by atomic mass is 19.1. The summed E-state index contributed by atoms with van der Waals surface area (Å²) in [7, 11) is 0. The molecule has 4 aliphatic carbocycles. The Labute approximate surface area is 314 Å². The van der Waals surface area contributed by atoms with Crippen LogP contribution < -0.4 is 5.32 Å². The Hall–Kier alpha value is -3.90. The number of ether oxygens (including phenoxy) is 2. The summed E-state index contributed by atoms with van der Waals surface area (Å²) in [6.07, 6.45) is -0.973. The van der Waals surface area contributed by atoms with Gasteiger partial charge in [0.1, 0.15) is 18.6 Å².